The Morgan fingerprint density at radius 3 is 2.40 bits per heavy atom. The molecule has 0 saturated carbocycles. The largest absolute Gasteiger partial charge is 0.488 e. The number of halogens is 2. The quantitative estimate of drug-likeness (QED) is 0.503. The van der Waals surface area contributed by atoms with E-state index in [9.17, 15) is 4.79 Å². The summed E-state index contributed by atoms with van der Waals surface area (Å²) < 4.78 is 7.51. The number of rotatable bonds is 5. The molecule has 0 heterocycles. The van der Waals surface area contributed by atoms with Crippen LogP contribution in [0.5, 0.6) is 5.75 Å². The summed E-state index contributed by atoms with van der Waals surface area (Å²) in [5.74, 6) is 0.313. The summed E-state index contributed by atoms with van der Waals surface area (Å²) in [6.07, 6.45) is 0. The first kappa shape index (κ1) is 17.7. The molecule has 0 aliphatic heterocycles. The van der Waals surface area contributed by atoms with Crippen LogP contribution < -0.4 is 10.1 Å². The Balaban J connectivity index is 1.81. The third kappa shape index (κ3) is 4.71. The summed E-state index contributed by atoms with van der Waals surface area (Å²) >= 11 is 6.85. The summed E-state index contributed by atoms with van der Waals surface area (Å²) in [4.78, 5) is 12.7. The SMILES string of the molecule is O=C(Nc1ccccc1Br)c1cc(Br)ccc1OCc1ccccc1. The number of hydrogen-bond donors (Lipinski definition) is 1. The van der Waals surface area contributed by atoms with Crippen molar-refractivity contribution in [1.29, 1.82) is 0 Å². The molecule has 0 unspecified atom stereocenters. The number of ether oxygens (including phenoxy) is 1. The van der Waals surface area contributed by atoms with Crippen LogP contribution in [0, 0.1) is 0 Å². The molecule has 0 spiro atoms. The summed E-state index contributed by atoms with van der Waals surface area (Å²) in [6.45, 7) is 0.401. The van der Waals surface area contributed by atoms with Gasteiger partial charge in [0.05, 0.1) is 11.3 Å². The molecule has 126 valence electrons. The van der Waals surface area contributed by atoms with Crippen molar-refractivity contribution >= 4 is 43.5 Å². The van der Waals surface area contributed by atoms with Crippen LogP contribution in [-0.4, -0.2) is 5.91 Å². The zero-order chi connectivity index (χ0) is 17.6. The molecule has 0 bridgehead atoms. The van der Waals surface area contributed by atoms with Crippen molar-refractivity contribution in [3.63, 3.8) is 0 Å². The molecule has 0 aliphatic carbocycles. The maximum Gasteiger partial charge on any atom is 0.259 e. The van der Waals surface area contributed by atoms with E-state index in [0.29, 0.717) is 23.6 Å². The molecule has 3 nitrogen and oxygen atoms in total. The van der Waals surface area contributed by atoms with Gasteiger partial charge in [-0.05, 0) is 51.8 Å². The molecular formula is C20H15Br2NO2. The molecule has 3 aromatic rings. The highest BCUT2D eigenvalue weighted by molar-refractivity contribution is 9.10. The van der Waals surface area contributed by atoms with Gasteiger partial charge in [-0.1, -0.05) is 58.4 Å². The van der Waals surface area contributed by atoms with Crippen molar-refractivity contribution in [2.24, 2.45) is 0 Å². The monoisotopic (exact) mass is 459 g/mol. The van der Waals surface area contributed by atoms with Crippen molar-refractivity contribution in [1.82, 2.24) is 0 Å². The molecule has 3 rings (SSSR count). The number of benzene rings is 3. The van der Waals surface area contributed by atoms with Gasteiger partial charge in [-0.2, -0.15) is 0 Å². The number of nitrogens with one attached hydrogen (secondary N) is 1. The minimum absolute atomic E-state index is 0.226. The summed E-state index contributed by atoms with van der Waals surface area (Å²) in [5.41, 5.74) is 2.23. The number of hydrogen-bond acceptors (Lipinski definition) is 2. The van der Waals surface area contributed by atoms with E-state index >= 15 is 0 Å². The van der Waals surface area contributed by atoms with E-state index in [0.717, 1.165) is 14.5 Å². The van der Waals surface area contributed by atoms with Crippen molar-refractivity contribution in [2.75, 3.05) is 5.32 Å². The van der Waals surface area contributed by atoms with Gasteiger partial charge < -0.3 is 10.1 Å². The van der Waals surface area contributed by atoms with Crippen LogP contribution in [0.15, 0.2) is 81.7 Å². The maximum atomic E-state index is 12.7. The van der Waals surface area contributed by atoms with Gasteiger partial charge in [0.15, 0.2) is 0 Å². The highest BCUT2D eigenvalue weighted by Crippen LogP contribution is 2.27. The molecule has 5 heteroatoms. The van der Waals surface area contributed by atoms with E-state index in [1.54, 1.807) is 12.1 Å². The molecule has 0 aromatic heterocycles. The molecule has 0 aliphatic rings. The van der Waals surface area contributed by atoms with Gasteiger partial charge in [0, 0.05) is 8.95 Å². The normalized spacial score (nSPS) is 10.3. The zero-order valence-corrected chi connectivity index (χ0v) is 16.4. The summed E-state index contributed by atoms with van der Waals surface area (Å²) in [6, 6.07) is 22.7. The number of anilines is 1. The van der Waals surface area contributed by atoms with Gasteiger partial charge in [-0.15, -0.1) is 0 Å². The van der Waals surface area contributed by atoms with Gasteiger partial charge in [-0.3, -0.25) is 4.79 Å². The standard InChI is InChI=1S/C20H15Br2NO2/c21-15-10-11-19(25-13-14-6-2-1-3-7-14)16(12-15)20(24)23-18-9-5-4-8-17(18)22/h1-12H,13H2,(H,23,24). The van der Waals surface area contributed by atoms with Crippen LogP contribution in [0.2, 0.25) is 0 Å². The van der Waals surface area contributed by atoms with Gasteiger partial charge >= 0.3 is 0 Å². The second-order valence-electron chi connectivity index (χ2n) is 5.35. The predicted molar refractivity (Wildman–Crippen MR) is 107 cm³/mol. The lowest BCUT2D eigenvalue weighted by molar-refractivity contribution is 0.102. The maximum absolute atomic E-state index is 12.7. The van der Waals surface area contributed by atoms with Crippen LogP contribution in [-0.2, 0) is 6.61 Å². The molecule has 1 N–H and O–H groups in total. The summed E-state index contributed by atoms with van der Waals surface area (Å²) in [7, 11) is 0. The van der Waals surface area contributed by atoms with Crippen LogP contribution in [0.4, 0.5) is 5.69 Å². The molecule has 0 atom stereocenters. The average molecular weight is 461 g/mol. The minimum Gasteiger partial charge on any atom is -0.488 e. The fraction of sp³-hybridized carbons (Fsp3) is 0.0500. The van der Waals surface area contributed by atoms with Crippen LogP contribution >= 0.6 is 31.9 Å². The first-order valence-electron chi connectivity index (χ1n) is 7.65. The van der Waals surface area contributed by atoms with Gasteiger partial charge in [0.1, 0.15) is 12.4 Å². The molecule has 0 fully saturated rings. The fourth-order valence-electron chi connectivity index (χ4n) is 2.29. The summed E-state index contributed by atoms with van der Waals surface area (Å²) in [5, 5.41) is 2.91. The van der Waals surface area contributed by atoms with E-state index in [1.807, 2.05) is 60.7 Å². The number of carbonyl (C=O) groups excluding carboxylic acids is 1. The lowest BCUT2D eigenvalue weighted by atomic mass is 10.1. The highest BCUT2D eigenvalue weighted by atomic mass is 79.9. The van der Waals surface area contributed by atoms with Crippen LogP contribution in [0.25, 0.3) is 0 Å². The second-order valence-corrected chi connectivity index (χ2v) is 7.12. The molecule has 3 aromatic carbocycles. The average Bonchev–Trinajstić information content (AvgIpc) is 2.63. The Morgan fingerprint density at radius 1 is 0.920 bits per heavy atom. The Labute approximate surface area is 163 Å². The third-order valence-corrected chi connectivity index (χ3v) is 4.73. The Kier molecular flexibility index (Phi) is 5.89. The van der Waals surface area contributed by atoms with E-state index in [2.05, 4.69) is 37.2 Å². The Hall–Kier alpha value is -2.11. The number of carbonyl (C=O) groups is 1. The highest BCUT2D eigenvalue weighted by Gasteiger charge is 2.15. The Morgan fingerprint density at radius 2 is 1.64 bits per heavy atom. The van der Waals surface area contributed by atoms with Gasteiger partial charge in [-0.25, -0.2) is 0 Å². The lowest BCUT2D eigenvalue weighted by Gasteiger charge is -2.13. The molecule has 1 amide bonds. The zero-order valence-electron chi connectivity index (χ0n) is 13.2. The lowest BCUT2D eigenvalue weighted by Crippen LogP contribution is -2.14. The van der Waals surface area contributed by atoms with E-state index in [4.69, 9.17) is 4.74 Å². The van der Waals surface area contributed by atoms with Crippen molar-refractivity contribution in [2.45, 2.75) is 6.61 Å². The van der Waals surface area contributed by atoms with Crippen molar-refractivity contribution < 1.29 is 9.53 Å². The molecular weight excluding hydrogens is 446 g/mol. The van der Waals surface area contributed by atoms with Crippen LogP contribution in [0.1, 0.15) is 15.9 Å². The van der Waals surface area contributed by atoms with Crippen molar-refractivity contribution in [3.05, 3.63) is 92.9 Å². The van der Waals surface area contributed by atoms with E-state index in [-0.39, 0.29) is 5.91 Å². The van der Waals surface area contributed by atoms with Crippen LogP contribution in [0.3, 0.4) is 0 Å². The second kappa shape index (κ2) is 8.32. The van der Waals surface area contributed by atoms with E-state index in [1.165, 1.54) is 0 Å². The number of amides is 1. The number of para-hydroxylation sites is 1. The van der Waals surface area contributed by atoms with Crippen molar-refractivity contribution in [3.8, 4) is 5.75 Å². The first-order chi connectivity index (χ1) is 12.1. The Bertz CT molecular complexity index is 882. The fourth-order valence-corrected chi connectivity index (χ4v) is 3.04. The first-order valence-corrected chi connectivity index (χ1v) is 9.24. The predicted octanol–water partition coefficient (Wildman–Crippen LogP) is 6.04. The van der Waals surface area contributed by atoms with E-state index < -0.39 is 0 Å². The molecule has 25 heavy (non-hydrogen) atoms. The molecule has 0 saturated heterocycles. The third-order valence-electron chi connectivity index (χ3n) is 3.55. The molecule has 0 radical (unpaired) electrons. The van der Waals surface area contributed by atoms with Gasteiger partial charge in [0.25, 0.3) is 5.91 Å². The minimum atomic E-state index is -0.226. The topological polar surface area (TPSA) is 38.3 Å². The smallest absolute Gasteiger partial charge is 0.259 e. The van der Waals surface area contributed by atoms with Gasteiger partial charge in [0.2, 0.25) is 0 Å².